The van der Waals surface area contributed by atoms with Crippen LogP contribution in [-0.4, -0.2) is 13.1 Å². The monoisotopic (exact) mass is 351 g/mol. The second-order valence-corrected chi connectivity index (χ2v) is 5.49. The van der Waals surface area contributed by atoms with Crippen LogP contribution >= 0.6 is 15.9 Å². The number of carbonyl (C=O) groups excluding carboxylic acids is 1. The molecule has 0 saturated carbocycles. The predicted octanol–water partition coefficient (Wildman–Crippen LogP) is 4.22. The third-order valence-corrected chi connectivity index (χ3v) is 3.75. The smallest absolute Gasteiger partial charge is 0.333 e. The summed E-state index contributed by atoms with van der Waals surface area (Å²) in [6.45, 7) is 1.97. The molecule has 0 aliphatic carbocycles. The lowest BCUT2D eigenvalue weighted by molar-refractivity contribution is -0.141. The number of benzene rings is 2. The van der Waals surface area contributed by atoms with Gasteiger partial charge in [-0.1, -0.05) is 28.1 Å². The van der Waals surface area contributed by atoms with E-state index in [4.69, 9.17) is 4.74 Å². The third kappa shape index (κ3) is 3.82. The van der Waals surface area contributed by atoms with Gasteiger partial charge in [0.05, 0.1) is 7.11 Å². The number of methoxy groups -OCH3 is 1. The van der Waals surface area contributed by atoms with Gasteiger partial charge >= 0.3 is 5.97 Å². The molecule has 1 unspecified atom stereocenters. The Morgan fingerprint density at radius 2 is 1.90 bits per heavy atom. The molecule has 21 heavy (non-hydrogen) atoms. The number of carbonyl (C=O) groups is 1. The molecule has 0 fully saturated rings. The van der Waals surface area contributed by atoms with Crippen LogP contribution in [-0.2, 0) is 9.53 Å². The van der Waals surface area contributed by atoms with Crippen molar-refractivity contribution < 1.29 is 13.9 Å². The van der Waals surface area contributed by atoms with Crippen LogP contribution in [0.4, 0.5) is 10.1 Å². The minimum absolute atomic E-state index is 0.327. The SMILES string of the molecule is COC(=O)C(Nc1ccc(F)cc1)c1ccc(C)cc1Br. The van der Waals surface area contributed by atoms with Gasteiger partial charge in [0.25, 0.3) is 0 Å². The van der Waals surface area contributed by atoms with E-state index < -0.39 is 12.0 Å². The molecule has 0 amide bonds. The number of hydrogen-bond acceptors (Lipinski definition) is 3. The van der Waals surface area contributed by atoms with Crippen molar-refractivity contribution in [1.82, 2.24) is 0 Å². The topological polar surface area (TPSA) is 38.3 Å². The highest BCUT2D eigenvalue weighted by Gasteiger charge is 2.23. The first-order valence-corrected chi connectivity index (χ1v) is 7.16. The molecular formula is C16H15BrFNO2. The summed E-state index contributed by atoms with van der Waals surface area (Å²) in [5.41, 5.74) is 2.48. The maximum atomic E-state index is 13.0. The Kier molecular flexibility index (Phi) is 4.96. The molecule has 0 saturated heterocycles. The van der Waals surface area contributed by atoms with Gasteiger partial charge in [0.1, 0.15) is 5.82 Å². The summed E-state index contributed by atoms with van der Waals surface area (Å²) < 4.78 is 18.6. The van der Waals surface area contributed by atoms with Gasteiger partial charge < -0.3 is 10.1 Å². The van der Waals surface area contributed by atoms with Crippen LogP contribution in [0.2, 0.25) is 0 Å². The lowest BCUT2D eigenvalue weighted by atomic mass is 10.0. The Morgan fingerprint density at radius 1 is 1.24 bits per heavy atom. The fourth-order valence-corrected chi connectivity index (χ4v) is 2.68. The molecule has 1 atom stereocenters. The van der Waals surface area contributed by atoms with Crippen LogP contribution in [0.1, 0.15) is 17.2 Å². The summed E-state index contributed by atoms with van der Waals surface area (Å²) in [6.07, 6.45) is 0. The lowest BCUT2D eigenvalue weighted by Gasteiger charge is -2.19. The average Bonchev–Trinajstić information content (AvgIpc) is 2.47. The van der Waals surface area contributed by atoms with Crippen molar-refractivity contribution >= 4 is 27.6 Å². The van der Waals surface area contributed by atoms with E-state index in [0.29, 0.717) is 5.69 Å². The molecule has 0 radical (unpaired) electrons. The van der Waals surface area contributed by atoms with Crippen LogP contribution in [0.25, 0.3) is 0 Å². The second kappa shape index (κ2) is 6.72. The Bertz CT molecular complexity index is 643. The maximum Gasteiger partial charge on any atom is 0.333 e. The highest BCUT2D eigenvalue weighted by molar-refractivity contribution is 9.10. The molecule has 2 rings (SSSR count). The minimum Gasteiger partial charge on any atom is -0.467 e. The molecule has 0 aromatic heterocycles. The highest BCUT2D eigenvalue weighted by atomic mass is 79.9. The number of rotatable bonds is 4. The zero-order valence-corrected chi connectivity index (χ0v) is 13.3. The van der Waals surface area contributed by atoms with Crippen molar-refractivity contribution in [3.63, 3.8) is 0 Å². The molecular weight excluding hydrogens is 337 g/mol. The van der Waals surface area contributed by atoms with Crippen molar-refractivity contribution in [3.8, 4) is 0 Å². The van der Waals surface area contributed by atoms with Crippen molar-refractivity contribution in [1.29, 1.82) is 0 Å². The highest BCUT2D eigenvalue weighted by Crippen LogP contribution is 2.28. The van der Waals surface area contributed by atoms with E-state index in [0.717, 1.165) is 15.6 Å². The van der Waals surface area contributed by atoms with Crippen LogP contribution in [0.5, 0.6) is 0 Å². The Hall–Kier alpha value is -1.88. The van der Waals surface area contributed by atoms with Gasteiger partial charge in [-0.25, -0.2) is 9.18 Å². The van der Waals surface area contributed by atoms with E-state index in [1.165, 1.54) is 19.2 Å². The molecule has 3 nitrogen and oxygen atoms in total. The van der Waals surface area contributed by atoms with E-state index in [9.17, 15) is 9.18 Å². The zero-order chi connectivity index (χ0) is 15.4. The molecule has 0 heterocycles. The van der Waals surface area contributed by atoms with E-state index in [2.05, 4.69) is 21.2 Å². The van der Waals surface area contributed by atoms with Crippen molar-refractivity contribution in [2.75, 3.05) is 12.4 Å². The molecule has 0 bridgehead atoms. The van der Waals surface area contributed by atoms with Crippen LogP contribution in [0.3, 0.4) is 0 Å². The van der Waals surface area contributed by atoms with Crippen molar-refractivity contribution in [2.24, 2.45) is 0 Å². The largest absolute Gasteiger partial charge is 0.467 e. The zero-order valence-electron chi connectivity index (χ0n) is 11.7. The number of halogens is 2. The van der Waals surface area contributed by atoms with Crippen LogP contribution in [0.15, 0.2) is 46.9 Å². The van der Waals surface area contributed by atoms with Gasteiger partial charge in [-0.2, -0.15) is 0 Å². The van der Waals surface area contributed by atoms with Gasteiger partial charge in [-0.15, -0.1) is 0 Å². The number of esters is 1. The van der Waals surface area contributed by atoms with E-state index in [1.807, 2.05) is 25.1 Å². The molecule has 0 spiro atoms. The summed E-state index contributed by atoms with van der Waals surface area (Å²) >= 11 is 3.46. The van der Waals surface area contributed by atoms with Gasteiger partial charge in [0, 0.05) is 10.2 Å². The normalized spacial score (nSPS) is 11.8. The van der Waals surface area contributed by atoms with E-state index in [-0.39, 0.29) is 5.82 Å². The molecule has 1 N–H and O–H groups in total. The van der Waals surface area contributed by atoms with E-state index in [1.54, 1.807) is 12.1 Å². The first-order valence-electron chi connectivity index (χ1n) is 6.37. The first kappa shape index (κ1) is 15.5. The predicted molar refractivity (Wildman–Crippen MR) is 83.7 cm³/mol. The Labute approximate surface area is 131 Å². The van der Waals surface area contributed by atoms with Crippen molar-refractivity contribution in [3.05, 3.63) is 63.9 Å². The lowest BCUT2D eigenvalue weighted by Crippen LogP contribution is -2.22. The quantitative estimate of drug-likeness (QED) is 0.838. The number of ether oxygens (including phenoxy) is 1. The average molecular weight is 352 g/mol. The number of anilines is 1. The molecule has 0 aliphatic rings. The maximum absolute atomic E-state index is 13.0. The minimum atomic E-state index is -0.671. The molecule has 0 aliphatic heterocycles. The molecule has 5 heteroatoms. The summed E-state index contributed by atoms with van der Waals surface area (Å²) in [5, 5.41) is 3.06. The Balaban J connectivity index is 2.34. The first-order chi connectivity index (χ1) is 10.0. The molecule has 2 aromatic rings. The summed E-state index contributed by atoms with van der Waals surface area (Å²) in [6, 6.07) is 10.9. The van der Waals surface area contributed by atoms with Gasteiger partial charge in [0.15, 0.2) is 6.04 Å². The number of hydrogen-bond donors (Lipinski definition) is 1. The molecule has 110 valence electrons. The van der Waals surface area contributed by atoms with Gasteiger partial charge in [0.2, 0.25) is 0 Å². The fraction of sp³-hybridized carbons (Fsp3) is 0.188. The summed E-state index contributed by atoms with van der Waals surface area (Å²) in [4.78, 5) is 12.0. The van der Waals surface area contributed by atoms with Crippen LogP contribution in [0, 0.1) is 12.7 Å². The fourth-order valence-electron chi connectivity index (χ4n) is 1.96. The van der Waals surface area contributed by atoms with Gasteiger partial charge in [-0.3, -0.25) is 0 Å². The number of nitrogens with one attached hydrogen (secondary N) is 1. The van der Waals surface area contributed by atoms with Crippen molar-refractivity contribution in [2.45, 2.75) is 13.0 Å². The Morgan fingerprint density at radius 3 is 2.48 bits per heavy atom. The summed E-state index contributed by atoms with van der Waals surface area (Å²) in [7, 11) is 1.34. The second-order valence-electron chi connectivity index (χ2n) is 4.63. The standard InChI is InChI=1S/C16H15BrFNO2/c1-10-3-8-13(14(17)9-10)15(16(20)21-2)19-12-6-4-11(18)5-7-12/h3-9,15,19H,1-2H3. The number of aryl methyl sites for hydroxylation is 1. The van der Waals surface area contributed by atoms with E-state index >= 15 is 0 Å². The molecule has 2 aromatic carbocycles. The third-order valence-electron chi connectivity index (χ3n) is 3.06. The summed E-state index contributed by atoms with van der Waals surface area (Å²) in [5.74, 6) is -0.740. The van der Waals surface area contributed by atoms with Crippen LogP contribution < -0.4 is 5.32 Å². The van der Waals surface area contributed by atoms with Gasteiger partial charge in [-0.05, 0) is 48.4 Å².